The minimum Gasteiger partial charge on any atom is -0.313 e. The van der Waals surface area contributed by atoms with Gasteiger partial charge in [-0.15, -0.1) is 0 Å². The summed E-state index contributed by atoms with van der Waals surface area (Å²) >= 11 is 0. The van der Waals surface area contributed by atoms with E-state index in [4.69, 9.17) is 11.0 Å². The Kier molecular flexibility index (Phi) is 2.15. The summed E-state index contributed by atoms with van der Waals surface area (Å²) in [7, 11) is -2.97. The van der Waals surface area contributed by atoms with Crippen molar-refractivity contribution in [2.45, 2.75) is 18.9 Å². The van der Waals surface area contributed by atoms with Crippen molar-refractivity contribution >= 4 is 9.84 Å². The van der Waals surface area contributed by atoms with E-state index in [1.54, 1.807) is 6.92 Å². The second-order valence-electron chi connectivity index (χ2n) is 3.25. The van der Waals surface area contributed by atoms with Crippen molar-refractivity contribution in [2.24, 2.45) is 11.7 Å². The van der Waals surface area contributed by atoms with Gasteiger partial charge in [-0.25, -0.2) is 8.42 Å². The van der Waals surface area contributed by atoms with Gasteiger partial charge in [-0.2, -0.15) is 5.26 Å². The predicted octanol–water partition coefficient (Wildman–Crippen LogP) is -0.338. The highest BCUT2D eigenvalue weighted by molar-refractivity contribution is 7.91. The maximum atomic E-state index is 11.1. The molecule has 0 heterocycles. The van der Waals surface area contributed by atoms with Crippen LogP contribution in [0.1, 0.15) is 13.3 Å². The minimum absolute atomic E-state index is 0.0631. The average Bonchev–Trinajstić information content (AvgIpc) is 2.62. The van der Waals surface area contributed by atoms with Gasteiger partial charge >= 0.3 is 0 Å². The molecular formula is C7H12N2O2S. The topological polar surface area (TPSA) is 83.9 Å². The number of nitrogens with two attached hydrogens (primary N) is 1. The van der Waals surface area contributed by atoms with Crippen molar-refractivity contribution in [1.29, 1.82) is 5.26 Å². The lowest BCUT2D eigenvalue weighted by Gasteiger charge is -2.00. The summed E-state index contributed by atoms with van der Waals surface area (Å²) in [5.41, 5.74) is 4.67. The van der Waals surface area contributed by atoms with Gasteiger partial charge in [0.15, 0.2) is 0 Å². The number of rotatable bonds is 3. The third kappa shape index (κ3) is 1.76. The number of hydrogen-bond acceptors (Lipinski definition) is 4. The number of sulfone groups is 1. The number of hydrogen-bond donors (Lipinski definition) is 1. The first-order valence-corrected chi connectivity index (χ1v) is 5.66. The zero-order chi connectivity index (χ0) is 9.41. The first-order valence-electron chi connectivity index (χ1n) is 3.84. The predicted molar refractivity (Wildman–Crippen MR) is 45.0 cm³/mol. The summed E-state index contributed by atoms with van der Waals surface area (Å²) in [5, 5.41) is 8.54. The van der Waals surface area contributed by atoms with Crippen LogP contribution in [0.15, 0.2) is 0 Å². The second kappa shape index (κ2) is 2.71. The lowest BCUT2D eigenvalue weighted by molar-refractivity contribution is 0.590. The highest BCUT2D eigenvalue weighted by Crippen LogP contribution is 2.41. The molecule has 0 unspecified atom stereocenters. The van der Waals surface area contributed by atoms with Crippen molar-refractivity contribution in [3.8, 4) is 6.07 Å². The highest BCUT2D eigenvalue weighted by Gasteiger charge is 2.53. The molecule has 0 radical (unpaired) electrons. The van der Waals surface area contributed by atoms with E-state index in [-0.39, 0.29) is 17.4 Å². The van der Waals surface area contributed by atoms with Crippen LogP contribution >= 0.6 is 0 Å². The van der Waals surface area contributed by atoms with Gasteiger partial charge in [-0.05, 0) is 6.42 Å². The lowest BCUT2D eigenvalue weighted by atomic mass is 10.3. The summed E-state index contributed by atoms with van der Waals surface area (Å²) in [4.78, 5) is 0. The summed E-state index contributed by atoms with van der Waals surface area (Å²) in [6.07, 6.45) is 0.517. The summed E-state index contributed by atoms with van der Waals surface area (Å²) in [6.45, 7) is 1.60. The molecule has 1 aliphatic rings. The van der Waals surface area contributed by atoms with Gasteiger partial charge in [0, 0.05) is 11.7 Å². The van der Waals surface area contributed by atoms with Crippen molar-refractivity contribution in [3.63, 3.8) is 0 Å². The molecule has 1 rings (SSSR count). The Morgan fingerprint density at radius 2 is 2.33 bits per heavy atom. The molecule has 0 spiro atoms. The van der Waals surface area contributed by atoms with Crippen LogP contribution in [-0.4, -0.2) is 25.5 Å². The zero-order valence-electron chi connectivity index (χ0n) is 6.95. The maximum absolute atomic E-state index is 11.1. The Bertz CT molecular complexity index is 317. The zero-order valence-corrected chi connectivity index (χ0v) is 7.76. The quantitative estimate of drug-likeness (QED) is 0.656. The van der Waals surface area contributed by atoms with E-state index >= 15 is 0 Å². The van der Waals surface area contributed by atoms with Crippen LogP contribution in [-0.2, 0) is 9.84 Å². The van der Waals surface area contributed by atoms with Crippen LogP contribution in [0.5, 0.6) is 0 Å². The Labute approximate surface area is 72.3 Å². The molecule has 0 saturated heterocycles. The third-order valence-electron chi connectivity index (χ3n) is 2.26. The normalized spacial score (nSPS) is 34.2. The average molecular weight is 188 g/mol. The van der Waals surface area contributed by atoms with Gasteiger partial charge in [0.1, 0.15) is 15.4 Å². The fraction of sp³-hybridized carbons (Fsp3) is 0.857. The molecule has 1 fully saturated rings. The standard InChI is InChI=1S/C7H12N2O2S/c1-2-12(10,11)4-6-3-7(6,9)5-8/h6H,2-4,9H2,1H3/t6-,7-/m1/s1. The minimum atomic E-state index is -2.97. The molecule has 0 aromatic rings. The summed E-state index contributed by atoms with van der Waals surface area (Å²) in [5.74, 6) is 0.0471. The Hall–Kier alpha value is -0.600. The van der Waals surface area contributed by atoms with Crippen LogP contribution in [0.25, 0.3) is 0 Å². The summed E-state index contributed by atoms with van der Waals surface area (Å²) < 4.78 is 22.2. The molecule has 68 valence electrons. The van der Waals surface area contributed by atoms with E-state index in [1.807, 2.05) is 6.07 Å². The maximum Gasteiger partial charge on any atom is 0.150 e. The van der Waals surface area contributed by atoms with Crippen molar-refractivity contribution in [2.75, 3.05) is 11.5 Å². The Morgan fingerprint density at radius 3 is 2.67 bits per heavy atom. The first-order chi connectivity index (χ1) is 5.43. The molecule has 1 saturated carbocycles. The van der Waals surface area contributed by atoms with Crippen LogP contribution in [0, 0.1) is 17.2 Å². The molecule has 2 atom stereocenters. The molecule has 1 aliphatic carbocycles. The highest BCUT2D eigenvalue weighted by atomic mass is 32.2. The van der Waals surface area contributed by atoms with Gasteiger partial charge in [0.05, 0.1) is 11.8 Å². The van der Waals surface area contributed by atoms with E-state index in [1.165, 1.54) is 0 Å². The van der Waals surface area contributed by atoms with Gasteiger partial charge in [-0.3, -0.25) is 0 Å². The monoisotopic (exact) mass is 188 g/mol. The molecular weight excluding hydrogens is 176 g/mol. The molecule has 0 aliphatic heterocycles. The number of nitriles is 1. The molecule has 5 heteroatoms. The van der Waals surface area contributed by atoms with Crippen LogP contribution < -0.4 is 5.73 Å². The lowest BCUT2D eigenvalue weighted by Crippen LogP contribution is -2.25. The van der Waals surface area contributed by atoms with E-state index in [9.17, 15) is 8.42 Å². The van der Waals surface area contributed by atoms with E-state index < -0.39 is 15.4 Å². The largest absolute Gasteiger partial charge is 0.313 e. The van der Waals surface area contributed by atoms with Gasteiger partial charge in [0.25, 0.3) is 0 Å². The molecule has 0 aromatic carbocycles. The second-order valence-corrected chi connectivity index (χ2v) is 5.65. The van der Waals surface area contributed by atoms with Crippen LogP contribution in [0.3, 0.4) is 0 Å². The fourth-order valence-corrected chi connectivity index (χ4v) is 2.38. The molecule has 0 amide bonds. The van der Waals surface area contributed by atoms with Crippen LogP contribution in [0.4, 0.5) is 0 Å². The smallest absolute Gasteiger partial charge is 0.150 e. The third-order valence-corrected chi connectivity index (χ3v) is 4.05. The van der Waals surface area contributed by atoms with Crippen LogP contribution in [0.2, 0.25) is 0 Å². The van der Waals surface area contributed by atoms with Crippen molar-refractivity contribution < 1.29 is 8.42 Å². The molecule has 4 nitrogen and oxygen atoms in total. The van der Waals surface area contributed by atoms with Crippen molar-refractivity contribution in [1.82, 2.24) is 0 Å². The van der Waals surface area contributed by atoms with Gasteiger partial charge in [-0.1, -0.05) is 6.92 Å². The van der Waals surface area contributed by atoms with E-state index in [0.29, 0.717) is 6.42 Å². The van der Waals surface area contributed by atoms with E-state index in [2.05, 4.69) is 0 Å². The SMILES string of the molecule is CCS(=O)(=O)C[C@H]1C[C@@]1(N)C#N. The van der Waals surface area contributed by atoms with Gasteiger partial charge < -0.3 is 5.73 Å². The Balaban J connectivity index is 2.55. The first kappa shape index (κ1) is 9.49. The fourth-order valence-electron chi connectivity index (χ4n) is 1.12. The molecule has 0 bridgehead atoms. The van der Waals surface area contributed by atoms with Crippen molar-refractivity contribution in [3.05, 3.63) is 0 Å². The van der Waals surface area contributed by atoms with Gasteiger partial charge in [0.2, 0.25) is 0 Å². The van der Waals surface area contributed by atoms with E-state index in [0.717, 1.165) is 0 Å². The molecule has 12 heavy (non-hydrogen) atoms. The summed E-state index contributed by atoms with van der Waals surface area (Å²) in [6, 6.07) is 1.93. The number of nitrogens with zero attached hydrogens (tertiary/aromatic N) is 1. The molecule has 2 N–H and O–H groups in total. The Morgan fingerprint density at radius 1 is 1.75 bits per heavy atom. The molecule has 0 aromatic heterocycles.